The molecule has 0 radical (unpaired) electrons. The van der Waals surface area contributed by atoms with Gasteiger partial charge in [0.25, 0.3) is 0 Å². The Morgan fingerprint density at radius 2 is 1.79 bits per heavy atom. The summed E-state index contributed by atoms with van der Waals surface area (Å²) in [5.41, 5.74) is 3.65. The minimum Gasteiger partial charge on any atom is -0.394 e. The Balaban J connectivity index is 1.61. The SMILES string of the molecule is Cn1c(Cc2cccc(C3O[C@H](CO)[C@@H](O)C(O)[C@H]3O)c2)nc2ccccc21. The van der Waals surface area contributed by atoms with Crippen molar-refractivity contribution in [3.05, 3.63) is 65.5 Å². The predicted octanol–water partition coefficient (Wildman–Crippen LogP) is 0.679. The Kier molecular flexibility index (Phi) is 5.18. The summed E-state index contributed by atoms with van der Waals surface area (Å²) in [7, 11) is 1.98. The largest absolute Gasteiger partial charge is 0.394 e. The highest BCUT2D eigenvalue weighted by Gasteiger charge is 2.43. The minimum atomic E-state index is -1.39. The topological polar surface area (TPSA) is 108 Å². The molecule has 5 atom stereocenters. The Bertz CT molecular complexity index is 970. The molecule has 1 saturated heterocycles. The molecule has 28 heavy (non-hydrogen) atoms. The van der Waals surface area contributed by atoms with Crippen LogP contribution in [0.15, 0.2) is 48.5 Å². The molecule has 3 aromatic rings. The minimum absolute atomic E-state index is 0.443. The van der Waals surface area contributed by atoms with Crippen LogP contribution in [-0.4, -0.2) is 61.0 Å². The number of fused-ring (bicyclic) bond motifs is 1. The monoisotopic (exact) mass is 384 g/mol. The van der Waals surface area contributed by atoms with Crippen molar-refractivity contribution in [2.45, 2.75) is 36.9 Å². The summed E-state index contributed by atoms with van der Waals surface area (Å²) < 4.78 is 7.71. The zero-order valence-corrected chi connectivity index (χ0v) is 15.5. The zero-order valence-electron chi connectivity index (χ0n) is 15.5. The Hall–Kier alpha value is -2.29. The molecule has 2 unspecified atom stereocenters. The molecule has 0 amide bonds. The number of hydrogen-bond donors (Lipinski definition) is 4. The number of ether oxygens (including phenoxy) is 1. The first-order valence-electron chi connectivity index (χ1n) is 9.29. The van der Waals surface area contributed by atoms with Crippen molar-refractivity contribution in [2.75, 3.05) is 6.61 Å². The molecule has 4 N–H and O–H groups in total. The second-order valence-electron chi connectivity index (χ2n) is 7.25. The third-order valence-electron chi connectivity index (χ3n) is 5.41. The average Bonchev–Trinajstić information content (AvgIpc) is 3.02. The summed E-state index contributed by atoms with van der Waals surface area (Å²) in [5, 5.41) is 39.8. The van der Waals surface area contributed by atoms with Crippen molar-refractivity contribution in [1.29, 1.82) is 0 Å². The van der Waals surface area contributed by atoms with Crippen molar-refractivity contribution < 1.29 is 25.2 Å². The smallest absolute Gasteiger partial charge is 0.114 e. The van der Waals surface area contributed by atoms with Gasteiger partial charge in [-0.05, 0) is 23.3 Å². The van der Waals surface area contributed by atoms with Crippen LogP contribution in [0.1, 0.15) is 23.1 Å². The van der Waals surface area contributed by atoms with Crippen LogP contribution in [0, 0.1) is 0 Å². The van der Waals surface area contributed by atoms with E-state index in [-0.39, 0.29) is 0 Å². The molecule has 7 nitrogen and oxygen atoms in total. The fraction of sp³-hybridized carbons (Fsp3) is 0.381. The van der Waals surface area contributed by atoms with Crippen LogP contribution in [0.4, 0.5) is 0 Å². The van der Waals surface area contributed by atoms with Crippen molar-refractivity contribution in [1.82, 2.24) is 9.55 Å². The molecule has 0 aliphatic carbocycles. The van der Waals surface area contributed by atoms with Crippen LogP contribution in [0.25, 0.3) is 11.0 Å². The van der Waals surface area contributed by atoms with Crippen LogP contribution < -0.4 is 0 Å². The third-order valence-corrected chi connectivity index (χ3v) is 5.41. The maximum atomic E-state index is 10.4. The van der Waals surface area contributed by atoms with E-state index < -0.39 is 37.1 Å². The molecule has 2 heterocycles. The van der Waals surface area contributed by atoms with Gasteiger partial charge in [0.05, 0.1) is 17.6 Å². The van der Waals surface area contributed by atoms with E-state index in [1.165, 1.54) is 0 Å². The van der Waals surface area contributed by atoms with Crippen molar-refractivity contribution in [3.8, 4) is 0 Å². The molecule has 2 aromatic carbocycles. The van der Waals surface area contributed by atoms with Gasteiger partial charge in [0.2, 0.25) is 0 Å². The Labute approximate surface area is 162 Å². The van der Waals surface area contributed by atoms with Gasteiger partial charge < -0.3 is 29.7 Å². The fourth-order valence-electron chi connectivity index (χ4n) is 3.79. The van der Waals surface area contributed by atoms with Gasteiger partial charge in [-0.1, -0.05) is 36.4 Å². The van der Waals surface area contributed by atoms with E-state index in [2.05, 4.69) is 9.55 Å². The van der Waals surface area contributed by atoms with Crippen molar-refractivity contribution >= 4 is 11.0 Å². The van der Waals surface area contributed by atoms with Crippen LogP contribution >= 0.6 is 0 Å². The first-order chi connectivity index (χ1) is 13.5. The maximum Gasteiger partial charge on any atom is 0.114 e. The van der Waals surface area contributed by atoms with Crippen molar-refractivity contribution in [2.24, 2.45) is 7.05 Å². The number of rotatable bonds is 4. The van der Waals surface area contributed by atoms with E-state index in [0.717, 1.165) is 22.4 Å². The average molecular weight is 384 g/mol. The number of aromatic nitrogens is 2. The first-order valence-corrected chi connectivity index (χ1v) is 9.29. The van der Waals surface area contributed by atoms with Crippen LogP contribution in [0.3, 0.4) is 0 Å². The second kappa shape index (κ2) is 7.62. The summed E-state index contributed by atoms with van der Waals surface area (Å²) in [5.74, 6) is 0.909. The lowest BCUT2D eigenvalue weighted by Crippen LogP contribution is -2.55. The Morgan fingerprint density at radius 1 is 1.00 bits per heavy atom. The highest BCUT2D eigenvalue weighted by molar-refractivity contribution is 5.75. The number of hydrogen-bond acceptors (Lipinski definition) is 6. The molecule has 7 heteroatoms. The number of para-hydroxylation sites is 2. The number of imidazole rings is 1. The van der Waals surface area contributed by atoms with E-state index in [0.29, 0.717) is 12.0 Å². The van der Waals surface area contributed by atoms with Gasteiger partial charge in [-0.25, -0.2) is 4.98 Å². The number of aliphatic hydroxyl groups is 4. The normalized spacial score (nSPS) is 28.0. The van der Waals surface area contributed by atoms with Gasteiger partial charge in [-0.3, -0.25) is 0 Å². The summed E-state index contributed by atoms with van der Waals surface area (Å²) in [4.78, 5) is 4.69. The van der Waals surface area contributed by atoms with E-state index in [1.54, 1.807) is 6.07 Å². The lowest BCUT2D eigenvalue weighted by atomic mass is 9.90. The standard InChI is InChI=1S/C21H24N2O5/c1-23-15-8-3-2-7-14(15)22-17(23)10-12-5-4-6-13(9-12)21-20(27)19(26)18(25)16(11-24)28-21/h2-9,16,18-21,24-27H,10-11H2,1H3/t16-,18-,19?,20-,21?/m1/s1. The summed E-state index contributed by atoms with van der Waals surface area (Å²) >= 11 is 0. The molecule has 1 aromatic heterocycles. The maximum absolute atomic E-state index is 10.4. The van der Waals surface area contributed by atoms with Gasteiger partial charge in [0.15, 0.2) is 0 Å². The number of aryl methyl sites for hydroxylation is 1. The second-order valence-corrected chi connectivity index (χ2v) is 7.25. The first kappa shape index (κ1) is 19.0. The highest BCUT2D eigenvalue weighted by atomic mass is 16.5. The molecular formula is C21H24N2O5. The third kappa shape index (κ3) is 3.32. The van der Waals surface area contributed by atoms with Gasteiger partial charge >= 0.3 is 0 Å². The van der Waals surface area contributed by atoms with E-state index in [1.807, 2.05) is 49.5 Å². The van der Waals surface area contributed by atoms with Crippen LogP contribution in [-0.2, 0) is 18.2 Å². The van der Waals surface area contributed by atoms with Gasteiger partial charge in [-0.15, -0.1) is 0 Å². The van der Waals surface area contributed by atoms with E-state index in [4.69, 9.17) is 4.74 Å². The molecule has 1 aliphatic heterocycles. The highest BCUT2D eigenvalue weighted by Crippen LogP contribution is 2.33. The molecule has 1 fully saturated rings. The van der Waals surface area contributed by atoms with E-state index >= 15 is 0 Å². The number of benzene rings is 2. The van der Waals surface area contributed by atoms with Gasteiger partial charge in [0.1, 0.15) is 36.3 Å². The van der Waals surface area contributed by atoms with Crippen LogP contribution in [0.5, 0.6) is 0 Å². The number of nitrogens with zero attached hydrogens (tertiary/aromatic N) is 2. The lowest BCUT2D eigenvalue weighted by Gasteiger charge is -2.40. The molecule has 0 bridgehead atoms. The molecule has 1 aliphatic rings. The Morgan fingerprint density at radius 3 is 2.54 bits per heavy atom. The summed E-state index contributed by atoms with van der Waals surface area (Å²) in [6, 6.07) is 15.4. The molecule has 4 rings (SSSR count). The van der Waals surface area contributed by atoms with Crippen LogP contribution in [0.2, 0.25) is 0 Å². The van der Waals surface area contributed by atoms with E-state index in [9.17, 15) is 20.4 Å². The fourth-order valence-corrected chi connectivity index (χ4v) is 3.79. The molecule has 148 valence electrons. The van der Waals surface area contributed by atoms with Crippen molar-refractivity contribution in [3.63, 3.8) is 0 Å². The quantitative estimate of drug-likeness (QED) is 0.527. The summed E-state index contributed by atoms with van der Waals surface area (Å²) in [6.07, 6.45) is -5.21. The van der Waals surface area contributed by atoms with Gasteiger partial charge in [0, 0.05) is 13.5 Å². The summed E-state index contributed by atoms with van der Waals surface area (Å²) in [6.45, 7) is -0.443. The lowest BCUT2D eigenvalue weighted by molar-refractivity contribution is -0.231. The van der Waals surface area contributed by atoms with Gasteiger partial charge in [-0.2, -0.15) is 0 Å². The molecule has 0 saturated carbocycles. The predicted molar refractivity (Wildman–Crippen MR) is 103 cm³/mol. The number of aliphatic hydroxyl groups excluding tert-OH is 4. The molecule has 0 spiro atoms. The molecular weight excluding hydrogens is 360 g/mol. The zero-order chi connectivity index (χ0) is 19.8.